The number of anilines is 1. The van der Waals surface area contributed by atoms with E-state index in [0.29, 0.717) is 16.9 Å². The summed E-state index contributed by atoms with van der Waals surface area (Å²) in [6.45, 7) is 2.06. The lowest BCUT2D eigenvalue weighted by Gasteiger charge is -2.10. The molecule has 0 aromatic heterocycles. The van der Waals surface area contributed by atoms with Crippen molar-refractivity contribution in [1.82, 2.24) is 0 Å². The predicted octanol–water partition coefficient (Wildman–Crippen LogP) is 5.48. The smallest absolute Gasteiger partial charge is 0.255 e. The molecule has 1 N–H and O–H groups in total. The maximum Gasteiger partial charge on any atom is 0.255 e. The molecule has 0 aliphatic heterocycles. The number of thioether (sulfide) groups is 1. The van der Waals surface area contributed by atoms with Gasteiger partial charge in [-0.15, -0.1) is 11.8 Å². The number of carbonyl (C=O) groups is 2. The van der Waals surface area contributed by atoms with Crippen molar-refractivity contribution < 1.29 is 9.59 Å². The Balaban J connectivity index is 1.66. The average molecular weight is 375 g/mol. The highest BCUT2D eigenvalue weighted by Crippen LogP contribution is 2.22. The summed E-state index contributed by atoms with van der Waals surface area (Å²) in [5, 5.41) is 2.98. The van der Waals surface area contributed by atoms with Crippen molar-refractivity contribution in [3.8, 4) is 0 Å². The number of rotatable bonds is 7. The van der Waals surface area contributed by atoms with Crippen LogP contribution >= 0.6 is 11.8 Å². The zero-order chi connectivity index (χ0) is 19.1. The third kappa shape index (κ3) is 5.08. The zero-order valence-electron chi connectivity index (χ0n) is 15.1. The lowest BCUT2D eigenvalue weighted by atomic mass is 10.1. The highest BCUT2D eigenvalue weighted by molar-refractivity contribution is 8.00. The summed E-state index contributed by atoms with van der Waals surface area (Å²) >= 11 is 1.44. The van der Waals surface area contributed by atoms with Crippen molar-refractivity contribution in [3.63, 3.8) is 0 Å². The third-order valence-electron chi connectivity index (χ3n) is 4.21. The van der Waals surface area contributed by atoms with Gasteiger partial charge in [-0.1, -0.05) is 61.5 Å². The molecule has 4 heteroatoms. The van der Waals surface area contributed by atoms with Crippen molar-refractivity contribution in [2.75, 3.05) is 11.1 Å². The second-order valence-corrected chi connectivity index (χ2v) is 7.12. The van der Waals surface area contributed by atoms with Crippen LogP contribution in [0.1, 0.15) is 33.2 Å². The van der Waals surface area contributed by atoms with Crippen LogP contribution in [0.2, 0.25) is 0 Å². The Morgan fingerprint density at radius 1 is 0.852 bits per heavy atom. The fourth-order valence-electron chi connectivity index (χ4n) is 2.73. The molecule has 3 aromatic rings. The minimum Gasteiger partial charge on any atom is -0.322 e. The Morgan fingerprint density at radius 3 is 2.33 bits per heavy atom. The minimum absolute atomic E-state index is 0.0762. The van der Waals surface area contributed by atoms with Crippen molar-refractivity contribution in [2.24, 2.45) is 0 Å². The summed E-state index contributed by atoms with van der Waals surface area (Å²) in [5.74, 6) is 0.272. The van der Waals surface area contributed by atoms with Crippen LogP contribution in [0.4, 0.5) is 5.69 Å². The second-order valence-electron chi connectivity index (χ2n) is 6.07. The number of nitrogens with one attached hydrogen (secondary N) is 1. The van der Waals surface area contributed by atoms with E-state index in [9.17, 15) is 9.59 Å². The van der Waals surface area contributed by atoms with E-state index in [0.717, 1.165) is 22.6 Å². The molecule has 27 heavy (non-hydrogen) atoms. The van der Waals surface area contributed by atoms with Gasteiger partial charge in [0.1, 0.15) is 0 Å². The molecule has 0 bridgehead atoms. The van der Waals surface area contributed by atoms with Crippen LogP contribution in [-0.2, 0) is 6.42 Å². The van der Waals surface area contributed by atoms with Gasteiger partial charge in [-0.2, -0.15) is 0 Å². The Morgan fingerprint density at radius 2 is 1.56 bits per heavy atom. The lowest BCUT2D eigenvalue weighted by Crippen LogP contribution is -2.13. The van der Waals surface area contributed by atoms with E-state index in [4.69, 9.17) is 0 Å². The number of ketones is 1. The number of benzene rings is 3. The quantitative estimate of drug-likeness (QED) is 0.439. The molecule has 0 heterocycles. The largest absolute Gasteiger partial charge is 0.322 e. The maximum atomic E-state index is 12.6. The van der Waals surface area contributed by atoms with Crippen LogP contribution in [-0.4, -0.2) is 17.4 Å². The summed E-state index contributed by atoms with van der Waals surface area (Å²) in [6, 6.07) is 24.4. The van der Waals surface area contributed by atoms with Gasteiger partial charge in [0.15, 0.2) is 5.78 Å². The molecule has 0 unspecified atom stereocenters. The third-order valence-corrected chi connectivity index (χ3v) is 5.20. The van der Waals surface area contributed by atoms with Gasteiger partial charge < -0.3 is 5.32 Å². The van der Waals surface area contributed by atoms with Gasteiger partial charge in [-0.3, -0.25) is 9.59 Å². The first-order valence-corrected chi connectivity index (χ1v) is 9.86. The van der Waals surface area contributed by atoms with Crippen molar-refractivity contribution in [3.05, 3.63) is 95.6 Å². The molecule has 0 aliphatic carbocycles. The molecular weight excluding hydrogens is 354 g/mol. The van der Waals surface area contributed by atoms with Crippen LogP contribution < -0.4 is 5.32 Å². The minimum atomic E-state index is -0.146. The summed E-state index contributed by atoms with van der Waals surface area (Å²) in [7, 11) is 0. The molecule has 0 radical (unpaired) electrons. The molecule has 0 atom stereocenters. The number of hydrogen-bond donors (Lipinski definition) is 1. The van der Waals surface area contributed by atoms with Crippen LogP contribution in [0.3, 0.4) is 0 Å². The molecule has 0 fully saturated rings. The SMILES string of the molecule is CCc1ccccc1NC(=O)c1cccc(SCC(=O)c2ccccc2)c1. The molecule has 0 saturated heterocycles. The van der Waals surface area contributed by atoms with E-state index in [1.165, 1.54) is 11.8 Å². The summed E-state index contributed by atoms with van der Waals surface area (Å²) < 4.78 is 0. The van der Waals surface area contributed by atoms with Crippen LogP contribution in [0.25, 0.3) is 0 Å². The van der Waals surface area contributed by atoms with Crippen LogP contribution in [0.15, 0.2) is 83.8 Å². The van der Waals surface area contributed by atoms with E-state index < -0.39 is 0 Å². The van der Waals surface area contributed by atoms with Gasteiger partial charge in [0.25, 0.3) is 5.91 Å². The van der Waals surface area contributed by atoms with Crippen molar-refractivity contribution >= 4 is 29.1 Å². The molecule has 3 aromatic carbocycles. The number of aryl methyl sites for hydroxylation is 1. The van der Waals surface area contributed by atoms with Gasteiger partial charge in [-0.25, -0.2) is 0 Å². The molecule has 0 saturated carbocycles. The van der Waals surface area contributed by atoms with E-state index in [-0.39, 0.29) is 11.7 Å². The predicted molar refractivity (Wildman–Crippen MR) is 112 cm³/mol. The zero-order valence-corrected chi connectivity index (χ0v) is 16.0. The Kier molecular flexibility index (Phi) is 6.44. The summed E-state index contributed by atoms with van der Waals surface area (Å²) in [6.07, 6.45) is 0.855. The molecule has 3 nitrogen and oxygen atoms in total. The standard InChI is InChI=1S/C23H21NO2S/c1-2-17-9-6-7-14-21(17)24-23(26)19-12-8-13-20(15-19)27-16-22(25)18-10-4-3-5-11-18/h3-15H,2,16H2,1H3,(H,24,26). The molecule has 0 aliphatic rings. The summed E-state index contributed by atoms with van der Waals surface area (Å²) in [5.41, 5.74) is 3.22. The van der Waals surface area contributed by atoms with E-state index in [2.05, 4.69) is 12.2 Å². The number of para-hydroxylation sites is 1. The van der Waals surface area contributed by atoms with Crippen molar-refractivity contribution in [2.45, 2.75) is 18.2 Å². The molecule has 3 rings (SSSR count). The number of carbonyl (C=O) groups excluding carboxylic acids is 2. The molecule has 1 amide bonds. The first-order valence-electron chi connectivity index (χ1n) is 8.87. The lowest BCUT2D eigenvalue weighted by molar-refractivity contribution is 0.101. The maximum absolute atomic E-state index is 12.6. The second kappa shape index (κ2) is 9.19. The van der Waals surface area contributed by atoms with Gasteiger partial charge in [-0.05, 0) is 36.2 Å². The monoisotopic (exact) mass is 375 g/mol. The Bertz CT molecular complexity index is 938. The highest BCUT2D eigenvalue weighted by atomic mass is 32.2. The van der Waals surface area contributed by atoms with E-state index in [1.807, 2.05) is 72.8 Å². The fraction of sp³-hybridized carbons (Fsp3) is 0.130. The Labute approximate surface area is 163 Å². The number of amides is 1. The van der Waals surface area contributed by atoms with Crippen LogP contribution in [0.5, 0.6) is 0 Å². The number of Topliss-reactive ketones (excluding diaryl/α,β-unsaturated/α-hetero) is 1. The molecular formula is C23H21NO2S. The van der Waals surface area contributed by atoms with Gasteiger partial charge in [0.05, 0.1) is 5.75 Å². The molecule has 136 valence electrons. The fourth-order valence-corrected chi connectivity index (χ4v) is 3.58. The normalized spacial score (nSPS) is 10.4. The first kappa shape index (κ1) is 18.9. The first-order chi connectivity index (χ1) is 13.2. The van der Waals surface area contributed by atoms with Crippen molar-refractivity contribution in [1.29, 1.82) is 0 Å². The summed E-state index contributed by atoms with van der Waals surface area (Å²) in [4.78, 5) is 25.8. The van der Waals surface area contributed by atoms with E-state index in [1.54, 1.807) is 6.07 Å². The van der Waals surface area contributed by atoms with Gasteiger partial charge >= 0.3 is 0 Å². The molecule has 0 spiro atoms. The average Bonchev–Trinajstić information content (AvgIpc) is 2.73. The topological polar surface area (TPSA) is 46.2 Å². The van der Waals surface area contributed by atoms with Gasteiger partial charge in [0, 0.05) is 21.7 Å². The van der Waals surface area contributed by atoms with Crippen LogP contribution in [0, 0.1) is 0 Å². The van der Waals surface area contributed by atoms with E-state index >= 15 is 0 Å². The van der Waals surface area contributed by atoms with Gasteiger partial charge in [0.2, 0.25) is 0 Å². The number of hydrogen-bond acceptors (Lipinski definition) is 3. The highest BCUT2D eigenvalue weighted by Gasteiger charge is 2.10. The Hall–Kier alpha value is -2.85.